The highest BCUT2D eigenvalue weighted by atomic mass is 19.1. The van der Waals surface area contributed by atoms with Crippen molar-refractivity contribution in [3.8, 4) is 11.1 Å². The van der Waals surface area contributed by atoms with Gasteiger partial charge >= 0.3 is 0 Å². The number of aromatic nitrogens is 5. The summed E-state index contributed by atoms with van der Waals surface area (Å²) in [7, 11) is 0. The molecule has 0 atom stereocenters. The lowest BCUT2D eigenvalue weighted by Crippen LogP contribution is -2.38. The van der Waals surface area contributed by atoms with E-state index in [1.54, 1.807) is 29.6 Å². The van der Waals surface area contributed by atoms with E-state index in [4.69, 9.17) is 4.74 Å². The van der Waals surface area contributed by atoms with Gasteiger partial charge in [-0.05, 0) is 29.8 Å². The molecule has 1 aromatic carbocycles. The summed E-state index contributed by atoms with van der Waals surface area (Å²) in [5.41, 5.74) is 9.38. The third-order valence-corrected chi connectivity index (χ3v) is 5.58. The largest absolute Gasteiger partial charge is 0.378 e. The molecule has 1 amide bonds. The number of rotatable bonds is 8. The summed E-state index contributed by atoms with van der Waals surface area (Å²) in [6, 6.07) is 11.5. The van der Waals surface area contributed by atoms with Crippen molar-refractivity contribution < 1.29 is 13.9 Å². The molecule has 0 aliphatic carbocycles. The van der Waals surface area contributed by atoms with Crippen molar-refractivity contribution in [1.29, 1.82) is 0 Å². The highest BCUT2D eigenvalue weighted by Crippen LogP contribution is 2.22. The van der Waals surface area contributed by atoms with E-state index in [1.807, 2.05) is 30.3 Å². The van der Waals surface area contributed by atoms with Crippen molar-refractivity contribution >= 4 is 29.0 Å². The lowest BCUT2D eigenvalue weighted by molar-refractivity contribution is -0.120. The van der Waals surface area contributed by atoms with Gasteiger partial charge in [0.1, 0.15) is 6.33 Å². The predicted molar refractivity (Wildman–Crippen MR) is 135 cm³/mol. The first kappa shape index (κ1) is 24.0. The highest BCUT2D eigenvalue weighted by Gasteiger charge is 2.18. The third kappa shape index (κ3) is 6.30. The van der Waals surface area contributed by atoms with Crippen LogP contribution in [0.2, 0.25) is 0 Å². The zero-order valence-corrected chi connectivity index (χ0v) is 19.8. The van der Waals surface area contributed by atoms with Crippen LogP contribution in [0.1, 0.15) is 5.69 Å². The monoisotopic (exact) mass is 501 g/mol. The van der Waals surface area contributed by atoms with Crippen molar-refractivity contribution in [2.24, 2.45) is 0 Å². The summed E-state index contributed by atoms with van der Waals surface area (Å²) < 4.78 is 19.4. The second-order valence-corrected chi connectivity index (χ2v) is 8.18. The molecule has 5 rings (SSSR count). The van der Waals surface area contributed by atoms with Crippen LogP contribution in [-0.4, -0.2) is 57.1 Å². The first-order valence-corrected chi connectivity index (χ1v) is 11.6. The number of amides is 1. The fourth-order valence-corrected chi connectivity index (χ4v) is 3.71. The Bertz CT molecular complexity index is 1330. The Kier molecular flexibility index (Phi) is 7.36. The molecule has 0 unspecified atom stereocenters. The molecule has 4 aromatic rings. The van der Waals surface area contributed by atoms with Crippen molar-refractivity contribution in [3.05, 3.63) is 79.0 Å². The third-order valence-electron chi connectivity index (χ3n) is 5.58. The van der Waals surface area contributed by atoms with E-state index in [0.717, 1.165) is 28.7 Å². The fraction of sp³-hybridized carbons (Fsp3) is 0.200. The van der Waals surface area contributed by atoms with E-state index in [9.17, 15) is 9.18 Å². The Morgan fingerprint density at radius 2 is 1.68 bits per heavy atom. The lowest BCUT2D eigenvalue weighted by Gasteiger charge is -2.28. The number of halogens is 1. The number of pyridine rings is 1. The quantitative estimate of drug-likeness (QED) is 0.310. The van der Waals surface area contributed by atoms with Gasteiger partial charge in [0, 0.05) is 42.4 Å². The number of nitrogens with zero attached hydrogens (tertiary/aromatic N) is 6. The molecule has 1 aliphatic rings. The van der Waals surface area contributed by atoms with Crippen LogP contribution in [0.5, 0.6) is 0 Å². The summed E-state index contributed by atoms with van der Waals surface area (Å²) in [6.07, 6.45) is 7.80. The van der Waals surface area contributed by atoms with E-state index in [2.05, 4.69) is 41.1 Å². The van der Waals surface area contributed by atoms with Crippen LogP contribution < -0.4 is 21.1 Å². The highest BCUT2D eigenvalue weighted by molar-refractivity contribution is 5.79. The molecule has 3 N–H and O–H groups in total. The second kappa shape index (κ2) is 11.4. The number of benzene rings is 1. The maximum Gasteiger partial charge on any atom is 0.244 e. The molecule has 1 aliphatic heterocycles. The molecule has 0 saturated carbocycles. The number of ether oxygens (including phenoxy) is 1. The van der Waals surface area contributed by atoms with Crippen LogP contribution in [0.3, 0.4) is 0 Å². The fourth-order valence-electron chi connectivity index (χ4n) is 3.71. The second-order valence-electron chi connectivity index (χ2n) is 8.18. The maximum absolute atomic E-state index is 14.2. The van der Waals surface area contributed by atoms with E-state index in [0.29, 0.717) is 32.0 Å². The number of hydrogen-bond acceptors (Lipinski definition) is 10. The average molecular weight is 502 g/mol. The number of carbonyl (C=O) groups excluding carboxylic acids is 1. The Morgan fingerprint density at radius 3 is 2.41 bits per heavy atom. The van der Waals surface area contributed by atoms with Crippen molar-refractivity contribution in [2.75, 3.05) is 41.9 Å². The Balaban J connectivity index is 1.12. The molecule has 0 bridgehead atoms. The minimum absolute atomic E-state index is 0.0403. The van der Waals surface area contributed by atoms with Crippen molar-refractivity contribution in [3.63, 3.8) is 0 Å². The molecule has 0 spiro atoms. The zero-order valence-electron chi connectivity index (χ0n) is 19.8. The maximum atomic E-state index is 14.2. The van der Waals surface area contributed by atoms with Gasteiger partial charge in [-0.1, -0.05) is 12.1 Å². The van der Waals surface area contributed by atoms with Crippen LogP contribution in [0, 0.1) is 5.82 Å². The van der Waals surface area contributed by atoms with Crippen LogP contribution >= 0.6 is 0 Å². The van der Waals surface area contributed by atoms with E-state index >= 15 is 0 Å². The number of nitrogens with one attached hydrogen (secondary N) is 3. The lowest BCUT2D eigenvalue weighted by atomic mass is 10.1. The van der Waals surface area contributed by atoms with Crippen molar-refractivity contribution in [1.82, 2.24) is 30.3 Å². The van der Waals surface area contributed by atoms with Crippen LogP contribution in [0.15, 0.2) is 67.5 Å². The molecule has 3 aromatic heterocycles. The summed E-state index contributed by atoms with van der Waals surface area (Å²) >= 11 is 0. The van der Waals surface area contributed by atoms with Gasteiger partial charge in [-0.25, -0.2) is 19.3 Å². The van der Waals surface area contributed by atoms with Gasteiger partial charge in [-0.3, -0.25) is 20.6 Å². The summed E-state index contributed by atoms with van der Waals surface area (Å²) in [5.74, 6) is -0.606. The smallest absolute Gasteiger partial charge is 0.244 e. The van der Waals surface area contributed by atoms with E-state index in [1.165, 1.54) is 6.33 Å². The molecule has 37 heavy (non-hydrogen) atoms. The molecular weight excluding hydrogens is 477 g/mol. The molecule has 1 fully saturated rings. The standard InChI is InChI=1S/C25H24FN9O2/c26-22-15-30-25(32-24(22)35-7-9-37-10-8-35)34-33-23(36)11-20-5-6-21(14-29-20)31-19-3-1-17(2-4-19)18-12-27-16-28-13-18/h1-6,12-16,31H,7-11H2,(H,33,36)(H,30,32,34). The van der Waals surface area contributed by atoms with E-state index in [-0.39, 0.29) is 24.1 Å². The van der Waals surface area contributed by atoms with Gasteiger partial charge in [-0.15, -0.1) is 0 Å². The SMILES string of the molecule is O=C(Cc1ccc(Nc2ccc(-c3cncnc3)cc2)cn1)NNc1ncc(F)c(N2CCOCC2)n1. The average Bonchev–Trinajstić information content (AvgIpc) is 2.95. The van der Waals surface area contributed by atoms with Gasteiger partial charge in [0.05, 0.1) is 37.7 Å². The van der Waals surface area contributed by atoms with Gasteiger partial charge in [0.15, 0.2) is 11.6 Å². The van der Waals surface area contributed by atoms with Crippen LogP contribution in [0.25, 0.3) is 11.1 Å². The molecule has 11 nitrogen and oxygen atoms in total. The first-order valence-electron chi connectivity index (χ1n) is 11.6. The molecule has 4 heterocycles. The van der Waals surface area contributed by atoms with Gasteiger partial charge in [0.25, 0.3) is 0 Å². The van der Waals surface area contributed by atoms with Crippen LogP contribution in [-0.2, 0) is 16.0 Å². The predicted octanol–water partition coefficient (Wildman–Crippen LogP) is 2.73. The number of morpholine rings is 1. The van der Waals surface area contributed by atoms with E-state index < -0.39 is 5.82 Å². The molecule has 0 radical (unpaired) electrons. The summed E-state index contributed by atoms with van der Waals surface area (Å²) in [6.45, 7) is 2.07. The first-order chi connectivity index (χ1) is 18.1. The van der Waals surface area contributed by atoms with Crippen molar-refractivity contribution in [2.45, 2.75) is 6.42 Å². The molecule has 12 heteroatoms. The van der Waals surface area contributed by atoms with Crippen LogP contribution in [0.4, 0.5) is 27.5 Å². The number of anilines is 4. The number of hydrogen-bond donors (Lipinski definition) is 3. The Labute approximate surface area is 212 Å². The topological polar surface area (TPSA) is 130 Å². The normalized spacial score (nSPS) is 13.2. The number of carbonyl (C=O) groups is 1. The summed E-state index contributed by atoms with van der Waals surface area (Å²) in [5, 5.41) is 3.28. The summed E-state index contributed by atoms with van der Waals surface area (Å²) in [4.78, 5) is 34.6. The molecule has 188 valence electrons. The Morgan fingerprint density at radius 1 is 0.919 bits per heavy atom. The molecular formula is C25H24FN9O2. The zero-order chi connectivity index (χ0) is 25.5. The number of hydrazine groups is 1. The Hall–Kier alpha value is -4.71. The van der Waals surface area contributed by atoms with Gasteiger partial charge < -0.3 is 15.0 Å². The van der Waals surface area contributed by atoms with Gasteiger partial charge in [0.2, 0.25) is 11.9 Å². The molecule has 1 saturated heterocycles. The van der Waals surface area contributed by atoms with Gasteiger partial charge in [-0.2, -0.15) is 4.98 Å². The minimum Gasteiger partial charge on any atom is -0.378 e. The minimum atomic E-state index is -0.529.